The van der Waals surface area contributed by atoms with Gasteiger partial charge in [0.1, 0.15) is 49.4 Å². The van der Waals surface area contributed by atoms with E-state index in [0.29, 0.717) is 26.4 Å². The summed E-state index contributed by atoms with van der Waals surface area (Å²) in [7, 11) is 6.25. The molecule has 0 aliphatic carbocycles. The highest BCUT2D eigenvalue weighted by Gasteiger charge is 2.20. The first kappa shape index (κ1) is 65.1. The minimum absolute atomic E-state index is 0.241. The van der Waals surface area contributed by atoms with Crippen molar-refractivity contribution in [3.63, 3.8) is 0 Å². The van der Waals surface area contributed by atoms with Crippen LogP contribution in [0.4, 0.5) is 22.7 Å². The summed E-state index contributed by atoms with van der Waals surface area (Å²) in [5.74, 6) is 3.53. The van der Waals surface area contributed by atoms with Gasteiger partial charge in [0.2, 0.25) is 0 Å². The van der Waals surface area contributed by atoms with Crippen LogP contribution in [0.5, 0.6) is 23.0 Å². The van der Waals surface area contributed by atoms with Gasteiger partial charge in [0.05, 0.1) is 41.9 Å². The van der Waals surface area contributed by atoms with Crippen LogP contribution in [-0.4, -0.2) is 220 Å². The predicted molar refractivity (Wildman–Crippen MR) is 355 cm³/mol. The molecule has 86 heavy (non-hydrogen) atoms. The third-order valence-corrected chi connectivity index (χ3v) is 17.3. The highest BCUT2D eigenvalue weighted by molar-refractivity contribution is 6.01. The van der Waals surface area contributed by atoms with Crippen molar-refractivity contribution in [3.8, 4) is 23.0 Å². The second kappa shape index (κ2) is 30.7. The summed E-state index contributed by atoms with van der Waals surface area (Å²) in [4.78, 5) is 27.6. The number of nitrogen functional groups attached to an aromatic ring is 4. The maximum absolute atomic E-state index is 8.99. The van der Waals surface area contributed by atoms with Gasteiger partial charge in [-0.25, -0.2) is 0 Å². The maximum Gasteiger partial charge on any atom is 0.143 e. The molecule has 3 saturated heterocycles. The maximum atomic E-state index is 8.99. The third kappa shape index (κ3) is 16.2. The van der Waals surface area contributed by atoms with Crippen molar-refractivity contribution in [2.75, 3.05) is 188 Å². The molecular formula is C66H100N14O6. The number of nitrogens with zero attached hydrogens (tertiary/aromatic N) is 6. The number of morpholine rings is 1. The number of aromatic nitrogens is 4. The van der Waals surface area contributed by atoms with Gasteiger partial charge in [-0.2, -0.15) is 0 Å². The van der Waals surface area contributed by atoms with E-state index in [-0.39, 0.29) is 6.61 Å². The Balaban J connectivity index is 0.000000149. The van der Waals surface area contributed by atoms with E-state index in [1.54, 1.807) is 0 Å². The average Bonchev–Trinajstić information content (AvgIpc) is 2.48. The van der Waals surface area contributed by atoms with Crippen molar-refractivity contribution >= 4 is 66.4 Å². The molecule has 470 valence electrons. The zero-order valence-electron chi connectivity index (χ0n) is 53.4. The number of ether oxygens (including phenoxy) is 5. The lowest BCUT2D eigenvalue weighted by molar-refractivity contribution is 0.0323. The highest BCUT2D eigenvalue weighted by Crippen LogP contribution is 2.37. The molecule has 0 amide bonds. The molecule has 0 spiro atoms. The van der Waals surface area contributed by atoms with Gasteiger partial charge in [-0.3, -0.25) is 19.6 Å². The van der Waals surface area contributed by atoms with Gasteiger partial charge in [-0.1, -0.05) is 6.92 Å². The lowest BCUT2D eigenvalue weighted by Crippen LogP contribution is -2.48. The molecule has 0 atom stereocenters. The number of nitrogens with one attached hydrogen (secondary N) is 4. The minimum Gasteiger partial charge on any atom is -0.490 e. The molecule has 8 aromatic rings. The van der Waals surface area contributed by atoms with Crippen molar-refractivity contribution < 1.29 is 28.8 Å². The first-order valence-electron chi connectivity index (χ1n) is 30.8. The quantitative estimate of drug-likeness (QED) is 0.0348. The minimum atomic E-state index is 0.241. The number of likely N-dealkylation sites (N-methyl/N-ethyl adjacent to an activating group) is 2. The van der Waals surface area contributed by atoms with Gasteiger partial charge in [-0.15, -0.1) is 0 Å². The van der Waals surface area contributed by atoms with Crippen LogP contribution < -0.4 is 41.9 Å². The Kier molecular flexibility index (Phi) is 23.2. The molecule has 13 N–H and O–H groups in total. The van der Waals surface area contributed by atoms with Crippen molar-refractivity contribution in [2.45, 2.75) is 61.8 Å². The van der Waals surface area contributed by atoms with Gasteiger partial charge in [0, 0.05) is 165 Å². The van der Waals surface area contributed by atoms with Gasteiger partial charge in [0.15, 0.2) is 0 Å². The molecule has 3 fully saturated rings. The Morgan fingerprint density at radius 1 is 0.453 bits per heavy atom. The van der Waals surface area contributed by atoms with E-state index in [1.165, 1.54) is 27.9 Å². The van der Waals surface area contributed by atoms with Crippen LogP contribution in [0.25, 0.3) is 43.6 Å². The van der Waals surface area contributed by atoms with E-state index in [4.69, 9.17) is 51.7 Å². The molecule has 0 bridgehead atoms. The average molecular weight is 1190 g/mol. The summed E-state index contributed by atoms with van der Waals surface area (Å²) in [5.41, 5.74) is 41.1. The zero-order valence-corrected chi connectivity index (χ0v) is 53.4. The van der Waals surface area contributed by atoms with Crippen molar-refractivity contribution in [1.82, 2.24) is 49.3 Å². The number of H-pyrrole nitrogens is 4. The van der Waals surface area contributed by atoms with Gasteiger partial charge in [0.25, 0.3) is 0 Å². The van der Waals surface area contributed by atoms with Crippen LogP contribution in [0.2, 0.25) is 0 Å². The number of benzene rings is 4. The molecule has 11 rings (SSSR count). The zero-order chi connectivity index (χ0) is 61.6. The molecule has 4 aromatic heterocycles. The van der Waals surface area contributed by atoms with Crippen molar-refractivity contribution in [2.24, 2.45) is 0 Å². The third-order valence-electron chi connectivity index (χ3n) is 17.3. The van der Waals surface area contributed by atoms with E-state index in [1.807, 2.05) is 62.6 Å². The van der Waals surface area contributed by atoms with Crippen LogP contribution in [0.1, 0.15) is 52.0 Å². The number of aliphatic hydroxyl groups excluding tert-OH is 1. The van der Waals surface area contributed by atoms with E-state index in [2.05, 4.69) is 112 Å². The van der Waals surface area contributed by atoms with Crippen LogP contribution in [-0.2, 0) is 11.2 Å². The number of rotatable bonds is 19. The molecular weight excluding hydrogens is 1080 g/mol. The predicted octanol–water partition coefficient (Wildman–Crippen LogP) is 7.99. The topological polar surface area (TPSA) is 253 Å². The lowest BCUT2D eigenvalue weighted by atomic mass is 10.1. The number of aryl methyl sites for hydroxylation is 8. The molecule has 3 aliphatic rings. The number of anilines is 4. The normalized spacial score (nSPS) is 15.6. The van der Waals surface area contributed by atoms with E-state index < -0.39 is 0 Å². The molecule has 0 unspecified atom stereocenters. The summed E-state index contributed by atoms with van der Waals surface area (Å²) >= 11 is 0. The first-order valence-corrected chi connectivity index (χ1v) is 30.8. The summed E-state index contributed by atoms with van der Waals surface area (Å²) in [6.07, 6.45) is 0.969. The van der Waals surface area contributed by atoms with Gasteiger partial charge < -0.3 is 81.5 Å². The summed E-state index contributed by atoms with van der Waals surface area (Å²) in [6.45, 7) is 36.4. The second-order valence-electron chi connectivity index (χ2n) is 23.5. The van der Waals surface area contributed by atoms with Gasteiger partial charge >= 0.3 is 0 Å². The molecule has 3 aliphatic heterocycles. The van der Waals surface area contributed by atoms with Gasteiger partial charge in [-0.05, 0) is 147 Å². The standard InChI is InChI=1S/C18H28N4O2.C17H26N4O.C16H23N3O2.C15H23N3O/c1-13-14(2)20-18-16(4-3-15(19)17(13)18)24-12-10-22-7-5-21(6-8-22)9-11-23;1-12-13(2)19-17-15(5-4-14(18)16(12)17)22-11-10-21-8-6-20(3)7-9-21;1-11-12(2)18-16-14(4-3-13(17)15(11)16)21-10-7-19-5-8-20-9-6-19;1-5-11-10(2)17-15-13(19-9-8-18(3)4)7-6-12(16)14(11)15/h3-4,20,23H,5-12,19H2,1-2H3;4-5,19H,6-11,18H2,1-3H3;3-4,18H,5-10,17H2,1-2H3;6-7,17H,5,8-9,16H2,1-4H3. The highest BCUT2D eigenvalue weighted by atomic mass is 16.5. The molecule has 4 aromatic carbocycles. The van der Waals surface area contributed by atoms with E-state index >= 15 is 0 Å². The fourth-order valence-electron chi connectivity index (χ4n) is 11.7. The largest absolute Gasteiger partial charge is 0.490 e. The summed E-state index contributed by atoms with van der Waals surface area (Å²) in [5, 5.41) is 13.3. The Labute approximate surface area is 509 Å². The Bertz CT molecular complexity index is 3450. The van der Waals surface area contributed by atoms with Crippen LogP contribution in [0, 0.1) is 48.5 Å². The molecule has 20 heteroatoms. The fraction of sp³-hybridized carbons (Fsp3) is 0.515. The Morgan fingerprint density at radius 2 is 0.779 bits per heavy atom. The number of fused-ring (bicyclic) bond motifs is 4. The molecule has 20 nitrogen and oxygen atoms in total. The first-order chi connectivity index (χ1) is 41.4. The fourth-order valence-corrected chi connectivity index (χ4v) is 11.7. The monoisotopic (exact) mass is 1180 g/mol. The number of hydrogen-bond acceptors (Lipinski definition) is 16. The molecule has 7 heterocycles. The van der Waals surface area contributed by atoms with E-state index in [9.17, 15) is 0 Å². The van der Waals surface area contributed by atoms with E-state index in [0.717, 1.165) is 224 Å². The number of nitrogens with two attached hydrogens (primary N) is 4. The summed E-state index contributed by atoms with van der Waals surface area (Å²) in [6, 6.07) is 15.5. The number of hydrogen-bond donors (Lipinski definition) is 9. The molecule has 0 saturated carbocycles. The Morgan fingerprint density at radius 3 is 1.15 bits per heavy atom. The van der Waals surface area contributed by atoms with Crippen LogP contribution in [0.15, 0.2) is 48.5 Å². The SMILES string of the molecule is CCc1c(C)[nH]c2c(OCCN(C)C)ccc(N)c12.Cc1[nH]c2c(OCCN3CCN(C)CC3)ccc(N)c2c1C.Cc1[nH]c2c(OCCN3CCN(CCO)CC3)ccc(N)c2c1C.Cc1[nH]c2c(OCCN3CCOCC3)ccc(N)c2c1C. The summed E-state index contributed by atoms with van der Waals surface area (Å²) < 4.78 is 29.3. The lowest BCUT2D eigenvalue weighted by Gasteiger charge is -2.34. The van der Waals surface area contributed by atoms with Crippen LogP contribution in [0.3, 0.4) is 0 Å². The van der Waals surface area contributed by atoms with Crippen molar-refractivity contribution in [3.05, 3.63) is 93.6 Å². The molecule has 0 radical (unpaired) electrons. The van der Waals surface area contributed by atoms with Crippen molar-refractivity contribution in [1.29, 1.82) is 0 Å². The van der Waals surface area contributed by atoms with Crippen LogP contribution >= 0.6 is 0 Å². The second-order valence-corrected chi connectivity index (χ2v) is 23.5. The number of piperazine rings is 2. The smallest absolute Gasteiger partial charge is 0.143 e. The number of aromatic amines is 4. The number of β-amino-alcohol motifs (C(OH)–C–C–N with tert-alkyl or cyclic N) is 1. The number of aliphatic hydroxyl groups is 1. The Hall–Kier alpha value is -6.88.